The lowest BCUT2D eigenvalue weighted by atomic mass is 10.1. The highest BCUT2D eigenvalue weighted by Crippen LogP contribution is 2.21. The maximum Gasteiger partial charge on any atom is 0.255 e. The van der Waals surface area contributed by atoms with Crippen LogP contribution in [0.15, 0.2) is 36.4 Å². The number of nitrogens with one attached hydrogen (secondary N) is 2. The summed E-state index contributed by atoms with van der Waals surface area (Å²) in [6.07, 6.45) is 0. The average molecular weight is 282 g/mol. The molecule has 0 unspecified atom stereocenters. The van der Waals surface area contributed by atoms with Gasteiger partial charge in [-0.15, -0.1) is 0 Å². The number of anilines is 2. The van der Waals surface area contributed by atoms with Crippen molar-refractivity contribution in [3.05, 3.63) is 58.7 Å². The van der Waals surface area contributed by atoms with Crippen LogP contribution < -0.4 is 10.6 Å². The number of rotatable bonds is 4. The molecule has 0 fully saturated rings. The summed E-state index contributed by atoms with van der Waals surface area (Å²) in [7, 11) is 0. The zero-order chi connectivity index (χ0) is 15.4. The topological polar surface area (TPSA) is 41.1 Å². The third-order valence-electron chi connectivity index (χ3n) is 3.70. The van der Waals surface area contributed by atoms with E-state index in [-0.39, 0.29) is 5.91 Å². The fourth-order valence-electron chi connectivity index (χ4n) is 2.31. The van der Waals surface area contributed by atoms with Crippen LogP contribution in [0.4, 0.5) is 11.4 Å². The van der Waals surface area contributed by atoms with Crippen LogP contribution in [0.3, 0.4) is 0 Å². The quantitative estimate of drug-likeness (QED) is 0.878. The Morgan fingerprint density at radius 2 is 1.81 bits per heavy atom. The lowest BCUT2D eigenvalue weighted by molar-refractivity contribution is 0.102. The summed E-state index contributed by atoms with van der Waals surface area (Å²) in [5, 5.41) is 6.25. The highest BCUT2D eigenvalue weighted by Gasteiger charge is 2.11. The fraction of sp³-hybridized carbons (Fsp3) is 0.278. The smallest absolute Gasteiger partial charge is 0.255 e. The first-order valence-corrected chi connectivity index (χ1v) is 7.25. The minimum absolute atomic E-state index is 0.0655. The second kappa shape index (κ2) is 6.44. The van der Waals surface area contributed by atoms with Crippen molar-refractivity contribution in [2.24, 2.45) is 0 Å². The molecule has 0 aliphatic carbocycles. The first-order chi connectivity index (χ1) is 10.0. The lowest BCUT2D eigenvalue weighted by Crippen LogP contribution is -2.14. The van der Waals surface area contributed by atoms with Gasteiger partial charge >= 0.3 is 0 Å². The molecule has 0 radical (unpaired) electrons. The number of amides is 1. The molecule has 0 saturated carbocycles. The van der Waals surface area contributed by atoms with E-state index < -0.39 is 0 Å². The average Bonchev–Trinajstić information content (AvgIpc) is 2.44. The van der Waals surface area contributed by atoms with E-state index in [0.717, 1.165) is 29.0 Å². The standard InChI is InChI=1S/C18H22N2O/c1-5-19-15-9-10-16(13(3)11-15)18(21)20-17-8-6-7-12(2)14(17)4/h6-11,19H,5H2,1-4H3,(H,20,21). The van der Waals surface area contributed by atoms with Gasteiger partial charge in [-0.05, 0) is 68.7 Å². The normalized spacial score (nSPS) is 10.3. The molecule has 110 valence electrons. The van der Waals surface area contributed by atoms with E-state index in [1.807, 2.05) is 57.2 Å². The van der Waals surface area contributed by atoms with Crippen LogP contribution in [0, 0.1) is 20.8 Å². The van der Waals surface area contributed by atoms with Gasteiger partial charge in [0.1, 0.15) is 0 Å². The van der Waals surface area contributed by atoms with Crippen molar-refractivity contribution in [2.75, 3.05) is 17.2 Å². The highest BCUT2D eigenvalue weighted by atomic mass is 16.1. The van der Waals surface area contributed by atoms with E-state index in [0.29, 0.717) is 5.56 Å². The number of hydrogen-bond donors (Lipinski definition) is 2. The minimum Gasteiger partial charge on any atom is -0.385 e. The Labute approximate surface area is 126 Å². The molecule has 0 atom stereocenters. The second-order valence-corrected chi connectivity index (χ2v) is 5.26. The van der Waals surface area contributed by atoms with Crippen molar-refractivity contribution in [1.29, 1.82) is 0 Å². The number of benzene rings is 2. The van der Waals surface area contributed by atoms with Crippen LogP contribution in [0.25, 0.3) is 0 Å². The summed E-state index contributed by atoms with van der Waals surface area (Å²) in [6, 6.07) is 11.7. The third-order valence-corrected chi connectivity index (χ3v) is 3.70. The van der Waals surface area contributed by atoms with Gasteiger partial charge in [0.2, 0.25) is 0 Å². The van der Waals surface area contributed by atoms with Crippen molar-refractivity contribution in [3.63, 3.8) is 0 Å². The summed E-state index contributed by atoms with van der Waals surface area (Å²) in [6.45, 7) is 8.94. The Morgan fingerprint density at radius 1 is 1.05 bits per heavy atom. The van der Waals surface area contributed by atoms with Crippen molar-refractivity contribution in [2.45, 2.75) is 27.7 Å². The maximum atomic E-state index is 12.4. The zero-order valence-electron chi connectivity index (χ0n) is 13.1. The van der Waals surface area contributed by atoms with Gasteiger partial charge in [0, 0.05) is 23.5 Å². The molecule has 0 spiro atoms. The SMILES string of the molecule is CCNc1ccc(C(=O)Nc2cccc(C)c2C)c(C)c1. The van der Waals surface area contributed by atoms with Crippen LogP contribution in [-0.2, 0) is 0 Å². The van der Waals surface area contributed by atoms with Crippen molar-refractivity contribution >= 4 is 17.3 Å². The molecule has 0 aromatic heterocycles. The lowest BCUT2D eigenvalue weighted by Gasteiger charge is -2.12. The van der Waals surface area contributed by atoms with Gasteiger partial charge in [-0.2, -0.15) is 0 Å². The molecule has 0 aliphatic rings. The largest absolute Gasteiger partial charge is 0.385 e. The van der Waals surface area contributed by atoms with Gasteiger partial charge in [-0.25, -0.2) is 0 Å². The maximum absolute atomic E-state index is 12.4. The van der Waals surface area contributed by atoms with E-state index in [1.54, 1.807) is 0 Å². The van der Waals surface area contributed by atoms with Gasteiger partial charge < -0.3 is 10.6 Å². The summed E-state index contributed by atoms with van der Waals surface area (Å²) in [4.78, 5) is 12.4. The summed E-state index contributed by atoms with van der Waals surface area (Å²) < 4.78 is 0. The van der Waals surface area contributed by atoms with E-state index in [4.69, 9.17) is 0 Å². The van der Waals surface area contributed by atoms with E-state index in [2.05, 4.69) is 17.6 Å². The van der Waals surface area contributed by atoms with E-state index >= 15 is 0 Å². The van der Waals surface area contributed by atoms with Crippen LogP contribution in [0.5, 0.6) is 0 Å². The molecular weight excluding hydrogens is 260 g/mol. The van der Waals surface area contributed by atoms with Crippen LogP contribution >= 0.6 is 0 Å². The Kier molecular flexibility index (Phi) is 4.63. The first-order valence-electron chi connectivity index (χ1n) is 7.25. The third kappa shape index (κ3) is 3.43. The number of carbonyl (C=O) groups excluding carboxylic acids is 1. The molecule has 2 rings (SSSR count). The van der Waals surface area contributed by atoms with Crippen LogP contribution in [-0.4, -0.2) is 12.5 Å². The predicted molar refractivity (Wildman–Crippen MR) is 89.2 cm³/mol. The summed E-state index contributed by atoms with van der Waals surface area (Å²) >= 11 is 0. The first kappa shape index (κ1) is 15.1. The molecule has 0 bridgehead atoms. The number of aryl methyl sites for hydroxylation is 2. The van der Waals surface area contributed by atoms with Crippen molar-refractivity contribution < 1.29 is 4.79 Å². The monoisotopic (exact) mass is 282 g/mol. The Bertz CT molecular complexity index is 662. The Balaban J connectivity index is 2.22. The molecule has 21 heavy (non-hydrogen) atoms. The van der Waals surface area contributed by atoms with E-state index in [1.165, 1.54) is 5.56 Å². The van der Waals surface area contributed by atoms with Crippen molar-refractivity contribution in [3.8, 4) is 0 Å². The Morgan fingerprint density at radius 3 is 2.48 bits per heavy atom. The summed E-state index contributed by atoms with van der Waals surface area (Å²) in [5.74, 6) is -0.0655. The summed E-state index contributed by atoms with van der Waals surface area (Å²) in [5.41, 5.74) is 5.86. The second-order valence-electron chi connectivity index (χ2n) is 5.26. The molecule has 3 nitrogen and oxygen atoms in total. The molecule has 1 amide bonds. The van der Waals surface area contributed by atoms with Crippen LogP contribution in [0.1, 0.15) is 34.0 Å². The molecular formula is C18H22N2O. The minimum atomic E-state index is -0.0655. The van der Waals surface area contributed by atoms with Gasteiger partial charge in [-0.3, -0.25) is 4.79 Å². The fourth-order valence-corrected chi connectivity index (χ4v) is 2.31. The van der Waals surface area contributed by atoms with Crippen molar-refractivity contribution in [1.82, 2.24) is 0 Å². The molecule has 0 heterocycles. The van der Waals surface area contributed by atoms with Gasteiger partial charge in [0.15, 0.2) is 0 Å². The number of hydrogen-bond acceptors (Lipinski definition) is 2. The molecule has 0 saturated heterocycles. The molecule has 3 heteroatoms. The Hall–Kier alpha value is -2.29. The zero-order valence-corrected chi connectivity index (χ0v) is 13.1. The van der Waals surface area contributed by atoms with Crippen LogP contribution in [0.2, 0.25) is 0 Å². The van der Waals surface area contributed by atoms with Gasteiger partial charge in [-0.1, -0.05) is 12.1 Å². The highest BCUT2D eigenvalue weighted by molar-refractivity contribution is 6.05. The molecule has 2 aromatic carbocycles. The predicted octanol–water partition coefficient (Wildman–Crippen LogP) is 4.30. The molecule has 2 N–H and O–H groups in total. The number of carbonyl (C=O) groups is 1. The molecule has 0 aliphatic heterocycles. The molecule has 2 aromatic rings. The van der Waals surface area contributed by atoms with E-state index in [9.17, 15) is 4.79 Å². The van der Waals surface area contributed by atoms with Gasteiger partial charge in [0.25, 0.3) is 5.91 Å². The van der Waals surface area contributed by atoms with Gasteiger partial charge in [0.05, 0.1) is 0 Å².